The van der Waals surface area contributed by atoms with E-state index in [1.165, 1.54) is 24.1 Å². The topological polar surface area (TPSA) is 0 Å². The van der Waals surface area contributed by atoms with Crippen molar-refractivity contribution in [2.24, 2.45) is 0 Å². The normalized spacial score (nSPS) is 8.83. The summed E-state index contributed by atoms with van der Waals surface area (Å²) in [7, 11) is 0. The average molecular weight is 167 g/mol. The molecule has 0 spiro atoms. The number of hydrogen-bond acceptors (Lipinski definition) is 0. The second kappa shape index (κ2) is 5.69. The third kappa shape index (κ3) is 4.69. The maximum absolute atomic E-state index is 2.23. The Labute approximate surface area is 51.2 Å². The van der Waals surface area contributed by atoms with Crippen molar-refractivity contribution in [3.05, 3.63) is 0 Å². The van der Waals surface area contributed by atoms with Crippen LogP contribution in [0.1, 0.15) is 26.2 Å². The Bertz CT molecular complexity index is 15.9. The van der Waals surface area contributed by atoms with Crippen LogP contribution in [-0.2, 0) is 19.8 Å². The molecule has 0 saturated carbocycles. The molecule has 0 heterocycles. The van der Waals surface area contributed by atoms with E-state index in [4.69, 9.17) is 0 Å². The van der Waals surface area contributed by atoms with Gasteiger partial charge in [-0.1, -0.05) is 0 Å². The first-order valence-corrected chi connectivity index (χ1v) is 3.91. The standard InChI is InChI=1S/C5H11.Mo/c1-3-5-4-2;/h1,3-5H2,2H3;. The average Bonchev–Trinajstić information content (AvgIpc) is 1.61. The molecular weight excluding hydrogens is 156 g/mol. The van der Waals surface area contributed by atoms with Crippen LogP contribution in [0.15, 0.2) is 0 Å². The van der Waals surface area contributed by atoms with Crippen LogP contribution in [0.2, 0.25) is 4.81 Å². The summed E-state index contributed by atoms with van der Waals surface area (Å²) in [5.74, 6) is 0. The fourth-order valence-electron chi connectivity index (χ4n) is 0.352. The van der Waals surface area contributed by atoms with Gasteiger partial charge in [-0.3, -0.25) is 0 Å². The van der Waals surface area contributed by atoms with Crippen LogP contribution in [0.3, 0.4) is 0 Å². The summed E-state index contributed by atoms with van der Waals surface area (Å²) in [5, 5.41) is 0. The van der Waals surface area contributed by atoms with Crippen molar-refractivity contribution in [1.82, 2.24) is 0 Å². The Balaban J connectivity index is 2.34. The molecule has 0 radical (unpaired) electrons. The Morgan fingerprint density at radius 1 is 1.33 bits per heavy atom. The van der Waals surface area contributed by atoms with E-state index in [9.17, 15) is 0 Å². The Kier molecular flexibility index (Phi) is 6.34. The summed E-state index contributed by atoms with van der Waals surface area (Å²) in [5.41, 5.74) is 0. The summed E-state index contributed by atoms with van der Waals surface area (Å²) in [6.07, 6.45) is 4.19. The molecule has 0 fully saturated rings. The van der Waals surface area contributed by atoms with Crippen molar-refractivity contribution in [2.45, 2.75) is 31.0 Å². The summed E-state index contributed by atoms with van der Waals surface area (Å²) in [6, 6.07) is 0. The van der Waals surface area contributed by atoms with E-state index in [1.807, 2.05) is 0 Å². The zero-order valence-corrected chi connectivity index (χ0v) is 6.24. The van der Waals surface area contributed by atoms with Crippen molar-refractivity contribution in [3.8, 4) is 0 Å². The van der Waals surface area contributed by atoms with E-state index < -0.39 is 0 Å². The first kappa shape index (κ1) is 6.69. The molecular formula is C5H11Mo. The van der Waals surface area contributed by atoms with Gasteiger partial charge in [0.25, 0.3) is 0 Å². The van der Waals surface area contributed by atoms with Gasteiger partial charge in [-0.25, -0.2) is 0 Å². The number of unbranched alkanes of at least 4 members (excludes halogenated alkanes) is 2. The minimum atomic E-state index is 1.36. The molecule has 0 aliphatic heterocycles. The van der Waals surface area contributed by atoms with Crippen LogP contribution in [0.4, 0.5) is 0 Å². The quantitative estimate of drug-likeness (QED) is 0.446. The van der Waals surface area contributed by atoms with E-state index in [-0.39, 0.29) is 0 Å². The molecule has 0 aromatic carbocycles. The van der Waals surface area contributed by atoms with Crippen LogP contribution in [0.25, 0.3) is 0 Å². The molecule has 0 amide bonds. The number of rotatable bonds is 3. The van der Waals surface area contributed by atoms with Gasteiger partial charge < -0.3 is 0 Å². The fourth-order valence-corrected chi connectivity index (χ4v) is 0.854. The van der Waals surface area contributed by atoms with E-state index >= 15 is 0 Å². The molecule has 1 heteroatoms. The van der Waals surface area contributed by atoms with Crippen molar-refractivity contribution >= 4 is 0 Å². The van der Waals surface area contributed by atoms with Gasteiger partial charge in [0, 0.05) is 0 Å². The molecule has 0 bridgehead atoms. The van der Waals surface area contributed by atoms with Gasteiger partial charge >= 0.3 is 50.8 Å². The van der Waals surface area contributed by atoms with Gasteiger partial charge in [0.1, 0.15) is 0 Å². The molecule has 0 aromatic rings. The predicted molar refractivity (Wildman–Crippen MR) is 24.3 cm³/mol. The summed E-state index contributed by atoms with van der Waals surface area (Å²) >= 11 is 2.17. The van der Waals surface area contributed by atoms with Gasteiger partial charge in [0.2, 0.25) is 0 Å². The van der Waals surface area contributed by atoms with E-state index in [1.54, 1.807) is 0 Å². The Morgan fingerprint density at radius 3 is 2.17 bits per heavy atom. The molecule has 0 aliphatic carbocycles. The van der Waals surface area contributed by atoms with Crippen LogP contribution in [0, 0.1) is 0 Å². The predicted octanol–water partition coefficient (Wildman–Crippen LogP) is 2.14. The zero-order chi connectivity index (χ0) is 4.83. The van der Waals surface area contributed by atoms with E-state index in [2.05, 4.69) is 26.7 Å². The number of hydrogen-bond donors (Lipinski definition) is 0. The molecule has 6 heavy (non-hydrogen) atoms. The molecule has 0 atom stereocenters. The van der Waals surface area contributed by atoms with Crippen molar-refractivity contribution in [3.63, 3.8) is 0 Å². The van der Waals surface area contributed by atoms with Crippen LogP contribution >= 0.6 is 0 Å². The minimum absolute atomic E-state index is 1.36. The van der Waals surface area contributed by atoms with E-state index in [0.717, 1.165) is 0 Å². The Morgan fingerprint density at radius 2 is 2.00 bits per heavy atom. The van der Waals surface area contributed by atoms with Crippen molar-refractivity contribution in [1.29, 1.82) is 0 Å². The SMILES string of the molecule is CCCC[CH2][Mo]. The third-order valence-electron chi connectivity index (χ3n) is 0.748. The van der Waals surface area contributed by atoms with Crippen LogP contribution < -0.4 is 0 Å². The zero-order valence-electron chi connectivity index (χ0n) is 4.24. The molecule has 0 nitrogen and oxygen atoms in total. The van der Waals surface area contributed by atoms with Crippen LogP contribution in [0.5, 0.6) is 0 Å². The molecule has 0 unspecified atom stereocenters. The summed E-state index contributed by atoms with van der Waals surface area (Å²) in [6.45, 7) is 2.23. The first-order chi connectivity index (χ1) is 2.91. The van der Waals surface area contributed by atoms with Crippen molar-refractivity contribution < 1.29 is 19.8 Å². The second-order valence-electron chi connectivity index (χ2n) is 1.41. The van der Waals surface area contributed by atoms with Crippen LogP contribution in [-0.4, -0.2) is 0 Å². The molecule has 0 saturated heterocycles. The molecule has 0 aromatic heterocycles. The monoisotopic (exact) mass is 169 g/mol. The fraction of sp³-hybridized carbons (Fsp3) is 1.00. The van der Waals surface area contributed by atoms with Gasteiger partial charge in [-0.2, -0.15) is 0 Å². The van der Waals surface area contributed by atoms with Crippen molar-refractivity contribution in [2.75, 3.05) is 0 Å². The van der Waals surface area contributed by atoms with Gasteiger partial charge in [-0.15, -0.1) is 0 Å². The second-order valence-corrected chi connectivity index (χ2v) is 2.41. The van der Waals surface area contributed by atoms with E-state index in [0.29, 0.717) is 0 Å². The van der Waals surface area contributed by atoms with Gasteiger partial charge in [0.05, 0.1) is 0 Å². The first-order valence-electron chi connectivity index (χ1n) is 2.50. The van der Waals surface area contributed by atoms with Gasteiger partial charge in [0.15, 0.2) is 0 Å². The summed E-state index contributed by atoms with van der Waals surface area (Å²) < 4.78 is 0. The molecule has 0 rings (SSSR count). The third-order valence-corrected chi connectivity index (χ3v) is 1.46. The molecule has 0 N–H and O–H groups in total. The van der Waals surface area contributed by atoms with Gasteiger partial charge in [-0.05, 0) is 0 Å². The maximum atomic E-state index is 2.23. The molecule has 0 aliphatic rings. The Hall–Kier alpha value is 0.688. The molecule has 37 valence electrons. The summed E-state index contributed by atoms with van der Waals surface area (Å²) in [4.78, 5) is 1.36.